The van der Waals surface area contributed by atoms with Crippen LogP contribution in [-0.2, 0) is 0 Å². The van der Waals surface area contributed by atoms with Crippen molar-refractivity contribution in [3.63, 3.8) is 0 Å². The largest absolute Gasteiger partial charge is 0.496 e. The number of alkyl halides is 1. The first-order chi connectivity index (χ1) is 6.60. The second kappa shape index (κ2) is 4.75. The predicted octanol–water partition coefficient (Wildman–Crippen LogP) is 2.57. The van der Waals surface area contributed by atoms with Crippen LogP contribution in [0.4, 0.5) is 4.39 Å². The lowest BCUT2D eigenvalue weighted by Gasteiger charge is -2.14. The van der Waals surface area contributed by atoms with Crippen molar-refractivity contribution in [2.45, 2.75) is 13.0 Å². The molecule has 14 heavy (non-hydrogen) atoms. The van der Waals surface area contributed by atoms with Crippen molar-refractivity contribution in [3.05, 3.63) is 29.1 Å². The van der Waals surface area contributed by atoms with Crippen LogP contribution >= 0.6 is 15.9 Å². The number of aliphatic hydroxyl groups is 1. The minimum absolute atomic E-state index is 0.204. The van der Waals surface area contributed by atoms with Crippen LogP contribution in [0.25, 0.3) is 0 Å². The maximum atomic E-state index is 13.5. The second-order valence-electron chi connectivity index (χ2n) is 3.03. The third-order valence-corrected chi connectivity index (χ3v) is 2.55. The van der Waals surface area contributed by atoms with Crippen molar-refractivity contribution < 1.29 is 14.2 Å². The average Bonchev–Trinajstić information content (AvgIpc) is 2.15. The fourth-order valence-corrected chi connectivity index (χ4v) is 1.61. The Morgan fingerprint density at radius 3 is 2.71 bits per heavy atom. The molecule has 0 radical (unpaired) electrons. The first kappa shape index (κ1) is 11.5. The number of benzene rings is 1. The van der Waals surface area contributed by atoms with Gasteiger partial charge in [-0.1, -0.05) is 15.9 Å². The van der Waals surface area contributed by atoms with Crippen molar-refractivity contribution in [2.75, 3.05) is 12.4 Å². The van der Waals surface area contributed by atoms with E-state index in [1.165, 1.54) is 13.2 Å². The van der Waals surface area contributed by atoms with Crippen LogP contribution in [0.5, 0.6) is 5.75 Å². The second-order valence-corrected chi connectivity index (χ2v) is 3.68. The van der Waals surface area contributed by atoms with Gasteiger partial charge >= 0.3 is 0 Å². The van der Waals surface area contributed by atoms with E-state index >= 15 is 0 Å². The van der Waals surface area contributed by atoms with Crippen molar-refractivity contribution in [1.29, 1.82) is 0 Å². The Labute approximate surface area is 90.8 Å². The Kier molecular flexibility index (Phi) is 3.89. The zero-order valence-electron chi connectivity index (χ0n) is 8.05. The topological polar surface area (TPSA) is 29.5 Å². The molecule has 0 saturated heterocycles. The van der Waals surface area contributed by atoms with Crippen molar-refractivity contribution in [2.24, 2.45) is 0 Å². The first-order valence-corrected chi connectivity index (χ1v) is 5.30. The van der Waals surface area contributed by atoms with E-state index in [9.17, 15) is 9.50 Å². The molecular weight excluding hydrogens is 251 g/mol. The van der Waals surface area contributed by atoms with E-state index in [0.717, 1.165) is 5.56 Å². The van der Waals surface area contributed by atoms with E-state index in [1.54, 1.807) is 13.0 Å². The molecule has 1 aromatic carbocycles. The molecule has 1 N–H and O–H groups in total. The van der Waals surface area contributed by atoms with Gasteiger partial charge in [0, 0.05) is 5.33 Å². The molecule has 0 fully saturated rings. The highest BCUT2D eigenvalue weighted by Gasteiger charge is 2.17. The molecule has 1 rings (SSSR count). The van der Waals surface area contributed by atoms with Gasteiger partial charge in [-0.25, -0.2) is 4.39 Å². The molecular formula is C10H12BrFO2. The van der Waals surface area contributed by atoms with Gasteiger partial charge in [-0.15, -0.1) is 0 Å². The van der Waals surface area contributed by atoms with Gasteiger partial charge in [-0.2, -0.15) is 0 Å². The minimum Gasteiger partial charge on any atom is -0.496 e. The maximum absolute atomic E-state index is 13.5. The van der Waals surface area contributed by atoms with E-state index in [-0.39, 0.29) is 10.9 Å². The molecule has 0 aromatic heterocycles. The summed E-state index contributed by atoms with van der Waals surface area (Å²) in [5.74, 6) is -0.0525. The molecule has 0 aliphatic rings. The Bertz CT molecular complexity index is 328. The summed E-state index contributed by atoms with van der Waals surface area (Å²) in [7, 11) is 1.46. The third-order valence-electron chi connectivity index (χ3n) is 1.94. The summed E-state index contributed by atoms with van der Waals surface area (Å²) in [4.78, 5) is 0. The number of aliphatic hydroxyl groups excluding tert-OH is 1. The third kappa shape index (κ3) is 2.25. The molecule has 0 bridgehead atoms. The van der Waals surface area contributed by atoms with Gasteiger partial charge in [0.25, 0.3) is 0 Å². The van der Waals surface area contributed by atoms with E-state index in [0.29, 0.717) is 5.75 Å². The Morgan fingerprint density at radius 2 is 2.21 bits per heavy atom. The minimum atomic E-state index is -0.884. The van der Waals surface area contributed by atoms with E-state index in [4.69, 9.17) is 4.74 Å². The fourth-order valence-electron chi connectivity index (χ4n) is 1.29. The van der Waals surface area contributed by atoms with E-state index < -0.39 is 11.9 Å². The van der Waals surface area contributed by atoms with Gasteiger partial charge in [0.2, 0.25) is 0 Å². The first-order valence-electron chi connectivity index (χ1n) is 4.18. The molecule has 4 heteroatoms. The molecule has 1 aromatic rings. The standard InChI is InChI=1S/C10H12BrFO2/c1-6-3-7(12)10(8(13)5-11)9(4-6)14-2/h3-4,8,13H,5H2,1-2H3. The smallest absolute Gasteiger partial charge is 0.133 e. The molecule has 0 heterocycles. The summed E-state index contributed by atoms with van der Waals surface area (Å²) in [6.07, 6.45) is -0.884. The van der Waals surface area contributed by atoms with Crippen LogP contribution in [-0.4, -0.2) is 17.5 Å². The highest BCUT2D eigenvalue weighted by atomic mass is 79.9. The molecule has 1 atom stereocenters. The normalized spacial score (nSPS) is 12.6. The maximum Gasteiger partial charge on any atom is 0.133 e. The van der Waals surface area contributed by atoms with Crippen LogP contribution < -0.4 is 4.74 Å². The van der Waals surface area contributed by atoms with Gasteiger partial charge < -0.3 is 9.84 Å². The summed E-state index contributed by atoms with van der Waals surface area (Å²) in [5.41, 5.74) is 0.972. The molecule has 78 valence electrons. The van der Waals surface area contributed by atoms with Gasteiger partial charge in [0.05, 0.1) is 18.8 Å². The highest BCUT2D eigenvalue weighted by molar-refractivity contribution is 9.09. The zero-order chi connectivity index (χ0) is 10.7. The Balaban J connectivity index is 3.24. The average molecular weight is 263 g/mol. The summed E-state index contributed by atoms with van der Waals surface area (Å²) >= 11 is 3.10. The monoisotopic (exact) mass is 262 g/mol. The lowest BCUT2D eigenvalue weighted by atomic mass is 10.1. The van der Waals surface area contributed by atoms with Gasteiger partial charge in [0.15, 0.2) is 0 Å². The van der Waals surface area contributed by atoms with Crippen LogP contribution in [0.15, 0.2) is 12.1 Å². The molecule has 0 spiro atoms. The zero-order valence-corrected chi connectivity index (χ0v) is 9.64. The number of halogens is 2. The SMILES string of the molecule is COc1cc(C)cc(F)c1C(O)CBr. The van der Waals surface area contributed by atoms with Crippen LogP contribution in [0.2, 0.25) is 0 Å². The highest BCUT2D eigenvalue weighted by Crippen LogP contribution is 2.30. The molecule has 2 nitrogen and oxygen atoms in total. The molecule has 0 saturated carbocycles. The van der Waals surface area contributed by atoms with Crippen molar-refractivity contribution in [1.82, 2.24) is 0 Å². The number of hydrogen-bond acceptors (Lipinski definition) is 2. The molecule has 0 amide bonds. The summed E-state index contributed by atoms with van der Waals surface area (Å²) < 4.78 is 18.5. The van der Waals surface area contributed by atoms with Crippen molar-refractivity contribution >= 4 is 15.9 Å². The quantitative estimate of drug-likeness (QED) is 0.849. The van der Waals surface area contributed by atoms with Crippen LogP contribution in [0, 0.1) is 12.7 Å². The lowest BCUT2D eigenvalue weighted by molar-refractivity contribution is 0.194. The number of methoxy groups -OCH3 is 1. The van der Waals surface area contributed by atoms with Crippen LogP contribution in [0.1, 0.15) is 17.2 Å². The van der Waals surface area contributed by atoms with Gasteiger partial charge in [-0.05, 0) is 24.6 Å². The molecule has 0 aliphatic carbocycles. The van der Waals surface area contributed by atoms with Gasteiger partial charge in [-0.3, -0.25) is 0 Å². The summed E-state index contributed by atoms with van der Waals surface area (Å²) in [6.45, 7) is 1.77. The summed E-state index contributed by atoms with van der Waals surface area (Å²) in [5, 5.41) is 9.83. The predicted molar refractivity (Wildman–Crippen MR) is 56.4 cm³/mol. The number of aryl methyl sites for hydroxylation is 1. The van der Waals surface area contributed by atoms with Crippen LogP contribution in [0.3, 0.4) is 0 Å². The van der Waals surface area contributed by atoms with E-state index in [1.807, 2.05) is 0 Å². The van der Waals surface area contributed by atoms with Crippen molar-refractivity contribution in [3.8, 4) is 5.75 Å². The number of rotatable bonds is 3. The fraction of sp³-hybridized carbons (Fsp3) is 0.400. The molecule has 1 unspecified atom stereocenters. The lowest BCUT2D eigenvalue weighted by Crippen LogP contribution is -2.05. The van der Waals surface area contributed by atoms with Gasteiger partial charge in [0.1, 0.15) is 11.6 Å². The number of ether oxygens (including phenoxy) is 1. The Hall–Kier alpha value is -0.610. The van der Waals surface area contributed by atoms with E-state index in [2.05, 4.69) is 15.9 Å². The Morgan fingerprint density at radius 1 is 1.57 bits per heavy atom. The molecule has 0 aliphatic heterocycles. The summed E-state index contributed by atoms with van der Waals surface area (Å²) in [6, 6.07) is 3.08. The number of hydrogen-bond donors (Lipinski definition) is 1.